The van der Waals surface area contributed by atoms with Crippen molar-refractivity contribution in [1.29, 1.82) is 5.26 Å². The van der Waals surface area contributed by atoms with Gasteiger partial charge in [0.25, 0.3) is 11.5 Å². The molecule has 10 atom stereocenters. The van der Waals surface area contributed by atoms with Crippen LogP contribution in [0.15, 0.2) is 133 Å². The maximum absolute atomic E-state index is 17.1. The molecule has 31 heteroatoms. The highest BCUT2D eigenvalue weighted by Crippen LogP contribution is 2.57. The first-order chi connectivity index (χ1) is 44.0. The Morgan fingerprint density at radius 2 is 1.39 bits per heavy atom. The van der Waals surface area contributed by atoms with Gasteiger partial charge in [0.15, 0.2) is 61.2 Å². The summed E-state index contributed by atoms with van der Waals surface area (Å²) in [7, 11) is -3.34. The SMILES string of the molecule is COc1ccc(C(OC[C@H]2O[C@@H](n3cnc4c(NC(=O)c5ccccc5)ncnc43)[C@H](OP(=S)(OCCC#N)OC[C@H]3O[C@@H](n4cnc5c(=O)[nH]c(NC(=O)C(C)C)nc54)[C@H](F)[C@@H]3O[P+](=O)O)[C@@H]2O[Si](C)(C)C(C)(C)C)(c2ccccc2)c2ccc(OC)cc2)cc1. The van der Waals surface area contributed by atoms with Gasteiger partial charge >= 0.3 is 15.0 Å². The number of anilines is 2. The van der Waals surface area contributed by atoms with Gasteiger partial charge in [0.05, 0.1) is 59.2 Å². The maximum atomic E-state index is 17.1. The number of nitrogens with one attached hydrogen (secondary N) is 3. The lowest BCUT2D eigenvalue weighted by Gasteiger charge is -2.42. The van der Waals surface area contributed by atoms with Crippen LogP contribution in [0.25, 0.3) is 22.3 Å². The van der Waals surface area contributed by atoms with Crippen LogP contribution in [0.2, 0.25) is 18.1 Å². The van der Waals surface area contributed by atoms with E-state index in [2.05, 4.69) is 56.3 Å². The third kappa shape index (κ3) is 14.3. The van der Waals surface area contributed by atoms with Crippen molar-refractivity contribution in [1.82, 2.24) is 39.0 Å². The first kappa shape index (κ1) is 67.2. The maximum Gasteiger partial charge on any atom is 0.695 e. The molecule has 4 aromatic carbocycles. The van der Waals surface area contributed by atoms with Crippen LogP contribution in [0.1, 0.15) is 80.5 Å². The summed E-state index contributed by atoms with van der Waals surface area (Å²) in [6.07, 6.45) is -8.83. The third-order valence-electron chi connectivity index (χ3n) is 16.1. The zero-order valence-corrected chi connectivity index (χ0v) is 55.2. The number of fused-ring (bicyclic) bond motifs is 2. The molecule has 2 unspecified atom stereocenters. The number of hydrogen-bond acceptors (Lipinski definition) is 21. The highest BCUT2D eigenvalue weighted by molar-refractivity contribution is 8.07. The van der Waals surface area contributed by atoms with Gasteiger partial charge in [0, 0.05) is 16.0 Å². The van der Waals surface area contributed by atoms with Gasteiger partial charge < -0.3 is 42.5 Å². The van der Waals surface area contributed by atoms with Crippen molar-refractivity contribution in [3.05, 3.63) is 161 Å². The molecule has 0 radical (unpaired) electrons. The molecule has 10 rings (SSSR count). The highest BCUT2D eigenvalue weighted by atomic mass is 32.5. The Morgan fingerprint density at radius 1 is 0.804 bits per heavy atom. The Bertz CT molecular complexity index is 4040. The number of imidazole rings is 2. The van der Waals surface area contributed by atoms with E-state index >= 15 is 4.39 Å². The fourth-order valence-corrected chi connectivity index (χ4v) is 14.2. The normalized spacial score (nSPS) is 21.1. The van der Waals surface area contributed by atoms with E-state index in [9.17, 15) is 29.1 Å². The molecule has 2 amide bonds. The molecule has 6 heterocycles. The average molecular weight is 1340 g/mol. The van der Waals surface area contributed by atoms with Crippen molar-refractivity contribution in [2.45, 2.75) is 114 Å². The minimum Gasteiger partial charge on any atom is -0.497 e. The molecule has 484 valence electrons. The van der Waals surface area contributed by atoms with Gasteiger partial charge in [-0.1, -0.05) is 107 Å². The zero-order chi connectivity index (χ0) is 65.7. The highest BCUT2D eigenvalue weighted by Gasteiger charge is 2.56. The summed E-state index contributed by atoms with van der Waals surface area (Å²) in [5.41, 5.74) is 0.233. The second kappa shape index (κ2) is 28.3. The summed E-state index contributed by atoms with van der Waals surface area (Å²) >= 11 is 6.34. The van der Waals surface area contributed by atoms with Gasteiger partial charge in [-0.15, -0.1) is 9.42 Å². The van der Waals surface area contributed by atoms with E-state index in [4.69, 9.17) is 63.0 Å². The summed E-state index contributed by atoms with van der Waals surface area (Å²) in [6.45, 7) is 7.82. The molecule has 2 saturated heterocycles. The Balaban J connectivity index is 1.08. The quantitative estimate of drug-likeness (QED) is 0.0169. The predicted molar refractivity (Wildman–Crippen MR) is 340 cm³/mol. The summed E-state index contributed by atoms with van der Waals surface area (Å²) in [4.78, 5) is 74.5. The van der Waals surface area contributed by atoms with E-state index in [-0.39, 0.29) is 53.7 Å². The summed E-state index contributed by atoms with van der Waals surface area (Å²) in [6, 6.07) is 35.2. The van der Waals surface area contributed by atoms with Crippen molar-refractivity contribution >= 4 is 81.0 Å². The fraction of sp³-hybridized carbons (Fsp3) is 0.393. The summed E-state index contributed by atoms with van der Waals surface area (Å²) < 4.78 is 97.5. The molecule has 0 spiro atoms. The number of ether oxygens (including phenoxy) is 5. The molecule has 2 aliphatic rings. The van der Waals surface area contributed by atoms with E-state index in [1.54, 1.807) is 63.0 Å². The first-order valence-corrected chi connectivity index (χ1v) is 35.8. The van der Waals surface area contributed by atoms with Crippen LogP contribution in [-0.4, -0.2) is 135 Å². The third-order valence-corrected chi connectivity index (χ3v) is 23.4. The lowest BCUT2D eigenvalue weighted by molar-refractivity contribution is -0.118. The Morgan fingerprint density at radius 3 is 1.99 bits per heavy atom. The number of halogens is 1. The van der Waals surface area contributed by atoms with Crippen molar-refractivity contribution in [3.8, 4) is 17.6 Å². The minimum absolute atomic E-state index is 0.0685. The number of alkyl halides is 1. The second-order valence-corrected chi connectivity index (χ2v) is 31.7. The van der Waals surface area contributed by atoms with E-state index in [0.717, 1.165) is 16.5 Å². The number of nitriles is 1. The van der Waals surface area contributed by atoms with E-state index in [0.29, 0.717) is 28.2 Å². The number of benzene rings is 4. The van der Waals surface area contributed by atoms with Crippen LogP contribution in [0.4, 0.5) is 16.2 Å². The number of aromatic amines is 1. The van der Waals surface area contributed by atoms with Crippen molar-refractivity contribution in [2.75, 3.05) is 44.7 Å². The minimum atomic E-state index is -4.39. The van der Waals surface area contributed by atoms with Gasteiger partial charge in [-0.3, -0.25) is 38.3 Å². The lowest BCUT2D eigenvalue weighted by Crippen LogP contribution is -2.50. The number of H-pyrrole nitrogens is 1. The first-order valence-electron chi connectivity index (χ1n) is 29.2. The van der Waals surface area contributed by atoms with Crippen LogP contribution >= 0.6 is 15.0 Å². The molecular formula is C61H69FN11O15P2SSi+. The lowest BCUT2D eigenvalue weighted by atomic mass is 9.80. The number of carbonyl (C=O) groups excluding carboxylic acids is 2. The van der Waals surface area contributed by atoms with E-state index in [1.165, 1.54) is 12.7 Å². The van der Waals surface area contributed by atoms with Gasteiger partial charge in [-0.25, -0.2) is 24.3 Å². The topological polar surface area (TPSA) is 319 Å². The monoisotopic (exact) mass is 1340 g/mol. The van der Waals surface area contributed by atoms with Crippen molar-refractivity contribution < 1.29 is 69.6 Å². The van der Waals surface area contributed by atoms with Crippen LogP contribution in [0.5, 0.6) is 11.5 Å². The largest absolute Gasteiger partial charge is 0.695 e. The standard InChI is InChI=1S/C61H68FN11O15P2SSi/c1-36(2)54(74)70-59-69-53-47(56(76)71-59)67-35-73(53)57-45(62)48(86-89(77)78)44(84-57)32-83-90(91,82-30-16-29-63)87-50-49(88-92(8,9)60(3,4)5)43(85-58(50)72-34-66-46-51(64-33-65-52(46)72)68-55(75)37-17-12-10-13-18-37)31-81-61(38-19-14-11-15-20-38,39-21-25-41(79-6)26-22-39)40-23-27-42(80-7)28-24-40/h10-15,17-28,33-36,43-45,48-50,57-58H,16,30-32H2,1-9H3,(H3-,64,65,68,69,70,71,74,75,76,77,78)/p+1/t43-,44-,45-,48-,49-,50-,57-,58-,90?/m1/s1. The van der Waals surface area contributed by atoms with Crippen LogP contribution < -0.4 is 25.7 Å². The van der Waals surface area contributed by atoms with Crippen LogP contribution in [0, 0.1) is 17.2 Å². The number of hydrogen-bond donors (Lipinski definition) is 4. The molecule has 0 saturated carbocycles. The average Bonchev–Trinajstić information content (AvgIpc) is 1.33. The number of nitrogens with zero attached hydrogens (tertiary/aromatic N) is 8. The number of carbonyl (C=O) groups is 2. The molecular weight excluding hydrogens is 1270 g/mol. The predicted octanol–water partition coefficient (Wildman–Crippen LogP) is 9.95. The van der Waals surface area contributed by atoms with Gasteiger partial charge in [-0.05, 0) is 83.0 Å². The molecule has 0 aliphatic carbocycles. The number of methoxy groups -OCH3 is 2. The van der Waals surface area contributed by atoms with Crippen molar-refractivity contribution in [3.63, 3.8) is 0 Å². The zero-order valence-electron chi connectivity index (χ0n) is 51.6. The van der Waals surface area contributed by atoms with Crippen LogP contribution in [-0.2, 0) is 63.5 Å². The molecule has 2 aliphatic heterocycles. The summed E-state index contributed by atoms with van der Waals surface area (Å²) in [5.74, 6) is -0.438. The fourth-order valence-electron chi connectivity index (χ4n) is 10.3. The van der Waals surface area contributed by atoms with Gasteiger partial charge in [-0.2, -0.15) is 10.2 Å². The number of rotatable bonds is 26. The Kier molecular flexibility index (Phi) is 20.7. The molecule has 8 aromatic rings. The van der Waals surface area contributed by atoms with E-state index < -0.39 is 113 Å². The molecule has 4 aromatic heterocycles. The Hall–Kier alpha value is -7.65. The molecule has 2 fully saturated rings. The molecule has 0 bridgehead atoms. The molecule has 26 nitrogen and oxygen atoms in total. The number of aromatic nitrogens is 8. The Labute approximate surface area is 535 Å². The van der Waals surface area contributed by atoms with E-state index in [1.807, 2.05) is 98.0 Å². The second-order valence-electron chi connectivity index (χ2n) is 23.3. The summed E-state index contributed by atoms with van der Waals surface area (Å²) in [5, 5.41) is 14.8. The van der Waals surface area contributed by atoms with Gasteiger partial charge in [0.1, 0.15) is 47.8 Å². The van der Waals surface area contributed by atoms with Gasteiger partial charge in [0.2, 0.25) is 11.9 Å². The van der Waals surface area contributed by atoms with Crippen LogP contribution in [0.3, 0.4) is 0 Å². The smallest absolute Gasteiger partial charge is 0.497 e. The molecule has 4 N–H and O–H groups in total. The molecule has 92 heavy (non-hydrogen) atoms. The van der Waals surface area contributed by atoms with Crippen molar-refractivity contribution in [2.24, 2.45) is 5.92 Å². The number of amides is 2.